The standard InChI is InChI=1S/C20H20ClNO3S/c1-14(23)17-10-16(21)11-18-20(17)25-12-19(24)22(18)8-5-9-26-13-15-6-3-2-4-7-15/h2-4,6-7,10-11H,5,8-9,12-13H2,1H3. The van der Waals surface area contributed by atoms with Crippen LogP contribution in [0.2, 0.25) is 5.02 Å². The number of halogens is 1. The average molecular weight is 390 g/mol. The van der Waals surface area contributed by atoms with Gasteiger partial charge in [-0.1, -0.05) is 41.9 Å². The molecule has 0 radical (unpaired) electrons. The summed E-state index contributed by atoms with van der Waals surface area (Å²) in [6.07, 6.45) is 0.852. The lowest BCUT2D eigenvalue weighted by atomic mass is 10.1. The maximum Gasteiger partial charge on any atom is 0.265 e. The molecular weight excluding hydrogens is 370 g/mol. The van der Waals surface area contributed by atoms with Gasteiger partial charge in [-0.15, -0.1) is 0 Å². The number of fused-ring (bicyclic) bond motifs is 1. The fourth-order valence-electron chi connectivity index (χ4n) is 2.87. The van der Waals surface area contributed by atoms with Gasteiger partial charge in [-0.2, -0.15) is 11.8 Å². The Morgan fingerprint density at radius 2 is 2.04 bits per heavy atom. The number of rotatable bonds is 7. The molecule has 0 saturated heterocycles. The van der Waals surface area contributed by atoms with E-state index in [1.165, 1.54) is 12.5 Å². The van der Waals surface area contributed by atoms with Crippen LogP contribution in [0.15, 0.2) is 42.5 Å². The van der Waals surface area contributed by atoms with E-state index in [4.69, 9.17) is 16.3 Å². The Morgan fingerprint density at radius 3 is 2.77 bits per heavy atom. The summed E-state index contributed by atoms with van der Waals surface area (Å²) in [7, 11) is 0. The van der Waals surface area contributed by atoms with Gasteiger partial charge in [0, 0.05) is 17.3 Å². The van der Waals surface area contributed by atoms with Gasteiger partial charge in [0.1, 0.15) is 0 Å². The minimum atomic E-state index is -0.128. The molecule has 0 unspecified atom stereocenters. The molecule has 2 aromatic carbocycles. The summed E-state index contributed by atoms with van der Waals surface area (Å²) in [5.41, 5.74) is 2.30. The number of ether oxygens (including phenoxy) is 1. The number of anilines is 1. The second kappa shape index (κ2) is 8.60. The summed E-state index contributed by atoms with van der Waals surface area (Å²) in [6.45, 7) is 2.00. The van der Waals surface area contributed by atoms with Crippen LogP contribution in [-0.4, -0.2) is 30.6 Å². The van der Waals surface area contributed by atoms with Crippen molar-refractivity contribution in [2.75, 3.05) is 23.8 Å². The summed E-state index contributed by atoms with van der Waals surface area (Å²) in [5, 5.41) is 0.427. The van der Waals surface area contributed by atoms with Gasteiger partial charge in [0.15, 0.2) is 18.1 Å². The van der Waals surface area contributed by atoms with Crippen LogP contribution < -0.4 is 9.64 Å². The normalized spacial score (nSPS) is 13.3. The molecule has 1 aliphatic heterocycles. The molecule has 4 nitrogen and oxygen atoms in total. The number of hydrogen-bond acceptors (Lipinski definition) is 4. The molecule has 1 heterocycles. The Hall–Kier alpha value is -1.98. The number of hydrogen-bond donors (Lipinski definition) is 0. The van der Waals surface area contributed by atoms with Gasteiger partial charge < -0.3 is 9.64 Å². The van der Waals surface area contributed by atoms with E-state index >= 15 is 0 Å². The third kappa shape index (κ3) is 4.40. The summed E-state index contributed by atoms with van der Waals surface area (Å²) in [6, 6.07) is 13.6. The number of benzene rings is 2. The molecule has 136 valence electrons. The zero-order chi connectivity index (χ0) is 18.5. The second-order valence-electron chi connectivity index (χ2n) is 6.08. The molecule has 0 atom stereocenters. The summed E-state index contributed by atoms with van der Waals surface area (Å²) >= 11 is 7.98. The van der Waals surface area contributed by atoms with E-state index in [-0.39, 0.29) is 18.3 Å². The maximum atomic E-state index is 12.3. The zero-order valence-corrected chi connectivity index (χ0v) is 16.1. The molecule has 0 aromatic heterocycles. The fraction of sp³-hybridized carbons (Fsp3) is 0.300. The molecule has 0 saturated carbocycles. The number of nitrogens with zero attached hydrogens (tertiary/aromatic N) is 1. The quantitative estimate of drug-likeness (QED) is 0.513. The molecule has 6 heteroatoms. The second-order valence-corrected chi connectivity index (χ2v) is 7.63. The molecule has 26 heavy (non-hydrogen) atoms. The molecule has 3 rings (SSSR count). The Balaban J connectivity index is 1.63. The van der Waals surface area contributed by atoms with Crippen molar-refractivity contribution in [2.24, 2.45) is 0 Å². The highest BCUT2D eigenvalue weighted by molar-refractivity contribution is 7.98. The molecule has 1 aliphatic rings. The van der Waals surface area contributed by atoms with Crippen molar-refractivity contribution >= 4 is 40.7 Å². The number of carbonyl (C=O) groups is 2. The van der Waals surface area contributed by atoms with Crippen LogP contribution >= 0.6 is 23.4 Å². The molecular formula is C20H20ClNO3S. The molecule has 0 spiro atoms. The number of thioether (sulfide) groups is 1. The van der Waals surface area contributed by atoms with E-state index in [0.717, 1.165) is 17.9 Å². The number of carbonyl (C=O) groups excluding carboxylic acids is 2. The third-order valence-electron chi connectivity index (χ3n) is 4.13. The predicted molar refractivity (Wildman–Crippen MR) is 107 cm³/mol. The summed E-state index contributed by atoms with van der Waals surface area (Å²) < 4.78 is 5.52. The van der Waals surface area contributed by atoms with Crippen LogP contribution in [0.25, 0.3) is 0 Å². The first-order valence-corrected chi connectivity index (χ1v) is 9.99. The van der Waals surface area contributed by atoms with Crippen LogP contribution in [0.4, 0.5) is 5.69 Å². The monoisotopic (exact) mass is 389 g/mol. The van der Waals surface area contributed by atoms with E-state index in [1.807, 2.05) is 30.0 Å². The lowest BCUT2D eigenvalue weighted by Crippen LogP contribution is -2.40. The van der Waals surface area contributed by atoms with Gasteiger partial charge in [0.2, 0.25) is 0 Å². The van der Waals surface area contributed by atoms with Gasteiger partial charge in [-0.3, -0.25) is 9.59 Å². The van der Waals surface area contributed by atoms with Crippen molar-refractivity contribution in [1.29, 1.82) is 0 Å². The first-order valence-electron chi connectivity index (χ1n) is 8.45. The molecule has 0 N–H and O–H groups in total. The van der Waals surface area contributed by atoms with Crippen LogP contribution in [0.5, 0.6) is 5.75 Å². The highest BCUT2D eigenvalue weighted by Gasteiger charge is 2.28. The number of ketones is 1. The Labute approximate surface area is 162 Å². The SMILES string of the molecule is CC(=O)c1cc(Cl)cc2c1OCC(=O)N2CCCSCc1ccccc1. The van der Waals surface area contributed by atoms with E-state index in [0.29, 0.717) is 28.6 Å². The van der Waals surface area contributed by atoms with E-state index in [2.05, 4.69) is 12.1 Å². The van der Waals surface area contributed by atoms with Gasteiger partial charge >= 0.3 is 0 Å². The van der Waals surface area contributed by atoms with E-state index < -0.39 is 0 Å². The third-order valence-corrected chi connectivity index (χ3v) is 5.46. The fourth-order valence-corrected chi connectivity index (χ4v) is 3.99. The van der Waals surface area contributed by atoms with Crippen molar-refractivity contribution in [1.82, 2.24) is 0 Å². The Morgan fingerprint density at radius 1 is 1.27 bits per heavy atom. The number of amides is 1. The van der Waals surface area contributed by atoms with Crippen molar-refractivity contribution in [2.45, 2.75) is 19.1 Å². The molecule has 0 fully saturated rings. The molecule has 0 aliphatic carbocycles. The van der Waals surface area contributed by atoms with Crippen LogP contribution in [-0.2, 0) is 10.5 Å². The van der Waals surface area contributed by atoms with Crippen LogP contribution in [0.1, 0.15) is 29.3 Å². The molecule has 1 amide bonds. The highest BCUT2D eigenvalue weighted by atomic mass is 35.5. The van der Waals surface area contributed by atoms with Gasteiger partial charge in [-0.05, 0) is 36.8 Å². The van der Waals surface area contributed by atoms with Crippen LogP contribution in [0.3, 0.4) is 0 Å². The summed E-state index contributed by atoms with van der Waals surface area (Å²) in [5.74, 6) is 2.11. The Bertz CT molecular complexity index is 810. The van der Waals surface area contributed by atoms with Crippen molar-refractivity contribution in [3.8, 4) is 5.75 Å². The maximum absolute atomic E-state index is 12.3. The van der Waals surface area contributed by atoms with Crippen LogP contribution in [0, 0.1) is 0 Å². The molecule has 2 aromatic rings. The van der Waals surface area contributed by atoms with Gasteiger partial charge in [0.05, 0.1) is 11.3 Å². The van der Waals surface area contributed by atoms with E-state index in [9.17, 15) is 9.59 Å². The number of Topliss-reactive ketones (excluding diaryl/α,β-unsaturated/α-hetero) is 1. The van der Waals surface area contributed by atoms with Crippen molar-refractivity contribution in [3.63, 3.8) is 0 Å². The molecule has 0 bridgehead atoms. The van der Waals surface area contributed by atoms with E-state index in [1.54, 1.807) is 17.0 Å². The predicted octanol–water partition coefficient (Wildman–Crippen LogP) is 4.59. The zero-order valence-electron chi connectivity index (χ0n) is 14.5. The van der Waals surface area contributed by atoms with Gasteiger partial charge in [0.25, 0.3) is 5.91 Å². The smallest absolute Gasteiger partial charge is 0.265 e. The average Bonchev–Trinajstić information content (AvgIpc) is 2.63. The topological polar surface area (TPSA) is 46.6 Å². The highest BCUT2D eigenvalue weighted by Crippen LogP contribution is 2.38. The van der Waals surface area contributed by atoms with Gasteiger partial charge in [-0.25, -0.2) is 0 Å². The lowest BCUT2D eigenvalue weighted by molar-refractivity contribution is -0.121. The van der Waals surface area contributed by atoms with Crippen molar-refractivity contribution < 1.29 is 14.3 Å². The minimum absolute atomic E-state index is 0.0495. The Kier molecular flexibility index (Phi) is 6.22. The lowest BCUT2D eigenvalue weighted by Gasteiger charge is -2.30. The van der Waals surface area contributed by atoms with Crippen molar-refractivity contribution in [3.05, 3.63) is 58.6 Å². The first-order chi connectivity index (χ1) is 12.6. The minimum Gasteiger partial charge on any atom is -0.481 e. The first kappa shape index (κ1) is 18.8. The largest absolute Gasteiger partial charge is 0.481 e. The summed E-state index contributed by atoms with van der Waals surface area (Å²) in [4.78, 5) is 25.8.